The Kier molecular flexibility index (Phi) is 10.7. The number of hydrogen-bond acceptors (Lipinski definition) is 3. The van der Waals surface area contributed by atoms with Crippen LogP contribution in [0, 0.1) is 5.92 Å². The van der Waals surface area contributed by atoms with Crippen LogP contribution in [-0.4, -0.2) is 60.3 Å². The lowest BCUT2D eigenvalue weighted by atomic mass is 9.84. The molecule has 2 aliphatic rings. The van der Waals surface area contributed by atoms with Crippen molar-refractivity contribution in [1.29, 1.82) is 0 Å². The molecule has 0 aromatic carbocycles. The van der Waals surface area contributed by atoms with Gasteiger partial charge >= 0.3 is 0 Å². The first-order valence-electron chi connectivity index (χ1n) is 12.2. The molecule has 3 heteroatoms. The van der Waals surface area contributed by atoms with Gasteiger partial charge in [0.1, 0.15) is 0 Å². The maximum atomic E-state index is 6.22. The number of rotatable bonds is 11. The summed E-state index contributed by atoms with van der Waals surface area (Å²) in [6.07, 6.45) is 14.3. The van der Waals surface area contributed by atoms with Crippen molar-refractivity contribution in [3.05, 3.63) is 0 Å². The molecule has 27 heavy (non-hydrogen) atoms. The molecule has 0 radical (unpaired) electrons. The van der Waals surface area contributed by atoms with Gasteiger partial charge in [-0.25, -0.2) is 0 Å². The second kappa shape index (κ2) is 12.4. The van der Waals surface area contributed by atoms with Crippen LogP contribution in [0.3, 0.4) is 0 Å². The molecular formula is C24H48N2O. The normalized spacial score (nSPS) is 28.8. The van der Waals surface area contributed by atoms with Gasteiger partial charge in [-0.3, -0.25) is 9.80 Å². The van der Waals surface area contributed by atoms with Crippen LogP contribution in [0.2, 0.25) is 0 Å². The Labute approximate surface area is 170 Å². The van der Waals surface area contributed by atoms with Gasteiger partial charge in [-0.2, -0.15) is 0 Å². The van der Waals surface area contributed by atoms with Gasteiger partial charge in [0.2, 0.25) is 0 Å². The van der Waals surface area contributed by atoms with Crippen molar-refractivity contribution in [2.75, 3.05) is 26.2 Å². The van der Waals surface area contributed by atoms with Gasteiger partial charge < -0.3 is 4.74 Å². The van der Waals surface area contributed by atoms with Crippen molar-refractivity contribution in [1.82, 2.24) is 9.80 Å². The van der Waals surface area contributed by atoms with Crippen LogP contribution in [0.5, 0.6) is 0 Å². The van der Waals surface area contributed by atoms with Gasteiger partial charge in [0.15, 0.2) is 0 Å². The lowest BCUT2D eigenvalue weighted by molar-refractivity contribution is -0.0321. The van der Waals surface area contributed by atoms with E-state index in [-0.39, 0.29) is 0 Å². The van der Waals surface area contributed by atoms with Gasteiger partial charge in [-0.1, -0.05) is 33.1 Å². The zero-order chi connectivity index (χ0) is 19.6. The molecule has 0 spiro atoms. The molecule has 0 amide bonds. The molecule has 160 valence electrons. The largest absolute Gasteiger partial charge is 0.375 e. The van der Waals surface area contributed by atoms with Gasteiger partial charge in [0.25, 0.3) is 0 Å². The Bertz CT molecular complexity index is 373. The average molecular weight is 381 g/mol. The summed E-state index contributed by atoms with van der Waals surface area (Å²) in [5.74, 6) is 0.959. The molecule has 0 bridgehead atoms. The molecule has 1 saturated heterocycles. The van der Waals surface area contributed by atoms with Crippen LogP contribution in [-0.2, 0) is 4.74 Å². The standard InChI is InChI=1S/C24H48N2O/c1-6-9-22(5)27-24-14-12-23(13-15-24)11-8-10-21(4)26-18-16-25(17-19-26)20(3)7-2/h20-24H,6-19H2,1-5H3/t20?,21-,22?,23?,24?/m0/s1. The van der Waals surface area contributed by atoms with E-state index in [9.17, 15) is 0 Å². The molecule has 2 fully saturated rings. The van der Waals surface area contributed by atoms with E-state index in [1.807, 2.05) is 0 Å². The van der Waals surface area contributed by atoms with E-state index in [4.69, 9.17) is 4.74 Å². The predicted molar refractivity (Wildman–Crippen MR) is 117 cm³/mol. The molecule has 1 saturated carbocycles. The number of nitrogens with zero attached hydrogens (tertiary/aromatic N) is 2. The monoisotopic (exact) mass is 380 g/mol. The Morgan fingerprint density at radius 2 is 1.41 bits per heavy atom. The third-order valence-corrected chi connectivity index (χ3v) is 7.33. The van der Waals surface area contributed by atoms with Crippen LogP contribution in [0.15, 0.2) is 0 Å². The van der Waals surface area contributed by atoms with Crippen LogP contribution < -0.4 is 0 Å². The summed E-state index contributed by atoms with van der Waals surface area (Å²) in [7, 11) is 0. The molecule has 0 aromatic heterocycles. The highest BCUT2D eigenvalue weighted by atomic mass is 16.5. The summed E-state index contributed by atoms with van der Waals surface area (Å²) in [5.41, 5.74) is 0. The smallest absolute Gasteiger partial charge is 0.0579 e. The highest BCUT2D eigenvalue weighted by Crippen LogP contribution is 2.31. The minimum atomic E-state index is 0.457. The summed E-state index contributed by atoms with van der Waals surface area (Å²) in [6.45, 7) is 16.7. The summed E-state index contributed by atoms with van der Waals surface area (Å²) < 4.78 is 6.22. The van der Waals surface area contributed by atoms with Gasteiger partial charge in [0, 0.05) is 38.3 Å². The lowest BCUT2D eigenvalue weighted by Crippen LogP contribution is -2.51. The first kappa shape index (κ1) is 23.2. The van der Waals surface area contributed by atoms with Crippen molar-refractivity contribution in [3.8, 4) is 0 Å². The van der Waals surface area contributed by atoms with Gasteiger partial charge in [-0.05, 0) is 71.6 Å². The number of ether oxygens (including phenoxy) is 1. The van der Waals surface area contributed by atoms with Gasteiger partial charge in [-0.15, -0.1) is 0 Å². The Morgan fingerprint density at radius 3 is 1.96 bits per heavy atom. The van der Waals surface area contributed by atoms with Crippen LogP contribution in [0.4, 0.5) is 0 Å². The summed E-state index contributed by atoms with van der Waals surface area (Å²) in [6, 6.07) is 1.52. The third kappa shape index (κ3) is 8.03. The Hall–Kier alpha value is -0.120. The van der Waals surface area contributed by atoms with Crippen molar-refractivity contribution in [2.45, 2.75) is 123 Å². The highest BCUT2D eigenvalue weighted by Gasteiger charge is 2.25. The van der Waals surface area contributed by atoms with Crippen molar-refractivity contribution < 1.29 is 4.74 Å². The van der Waals surface area contributed by atoms with Crippen LogP contribution >= 0.6 is 0 Å². The van der Waals surface area contributed by atoms with E-state index < -0.39 is 0 Å². The van der Waals surface area contributed by atoms with Crippen LogP contribution in [0.25, 0.3) is 0 Å². The molecule has 1 heterocycles. The topological polar surface area (TPSA) is 15.7 Å². The van der Waals surface area contributed by atoms with E-state index in [1.165, 1.54) is 90.4 Å². The third-order valence-electron chi connectivity index (χ3n) is 7.33. The van der Waals surface area contributed by atoms with Gasteiger partial charge in [0.05, 0.1) is 12.2 Å². The maximum absolute atomic E-state index is 6.22. The fraction of sp³-hybridized carbons (Fsp3) is 1.00. The van der Waals surface area contributed by atoms with E-state index in [0.29, 0.717) is 12.2 Å². The zero-order valence-electron chi connectivity index (χ0n) is 19.1. The number of piperazine rings is 1. The first-order valence-corrected chi connectivity index (χ1v) is 12.2. The summed E-state index contributed by atoms with van der Waals surface area (Å²) >= 11 is 0. The Balaban J connectivity index is 1.55. The fourth-order valence-electron chi connectivity index (χ4n) is 5.12. The molecule has 0 N–H and O–H groups in total. The minimum Gasteiger partial charge on any atom is -0.375 e. The quantitative estimate of drug-likeness (QED) is 0.455. The van der Waals surface area contributed by atoms with Crippen molar-refractivity contribution >= 4 is 0 Å². The predicted octanol–water partition coefficient (Wildman–Crippen LogP) is 5.73. The lowest BCUT2D eigenvalue weighted by Gasteiger charge is -2.40. The van der Waals surface area contributed by atoms with E-state index in [1.54, 1.807) is 0 Å². The van der Waals surface area contributed by atoms with E-state index in [0.717, 1.165) is 18.0 Å². The SMILES string of the molecule is CCCC(C)OC1CCC(CCC[C@H](C)N2CCN(C(C)CC)CC2)CC1. The van der Waals surface area contributed by atoms with Crippen molar-refractivity contribution in [3.63, 3.8) is 0 Å². The molecule has 2 unspecified atom stereocenters. The van der Waals surface area contributed by atoms with E-state index >= 15 is 0 Å². The molecule has 1 aliphatic heterocycles. The first-order chi connectivity index (χ1) is 13.0. The second-order valence-electron chi connectivity index (χ2n) is 9.49. The van der Waals surface area contributed by atoms with E-state index in [2.05, 4.69) is 44.4 Å². The molecule has 1 aliphatic carbocycles. The molecule has 3 atom stereocenters. The molecule has 2 rings (SSSR count). The molecule has 0 aromatic rings. The fourth-order valence-corrected chi connectivity index (χ4v) is 5.12. The molecular weight excluding hydrogens is 332 g/mol. The summed E-state index contributed by atoms with van der Waals surface area (Å²) in [4.78, 5) is 5.41. The highest BCUT2D eigenvalue weighted by molar-refractivity contribution is 4.80. The minimum absolute atomic E-state index is 0.457. The zero-order valence-corrected chi connectivity index (χ0v) is 19.1. The second-order valence-corrected chi connectivity index (χ2v) is 9.49. The molecule has 3 nitrogen and oxygen atoms in total. The van der Waals surface area contributed by atoms with Crippen molar-refractivity contribution in [2.24, 2.45) is 5.92 Å². The average Bonchev–Trinajstić information content (AvgIpc) is 2.69. The van der Waals surface area contributed by atoms with Crippen LogP contribution in [0.1, 0.15) is 98.8 Å². The Morgan fingerprint density at radius 1 is 0.815 bits per heavy atom. The maximum Gasteiger partial charge on any atom is 0.0579 e. The summed E-state index contributed by atoms with van der Waals surface area (Å²) in [5, 5.41) is 0. The number of hydrogen-bond donors (Lipinski definition) is 0.